The van der Waals surface area contributed by atoms with Gasteiger partial charge in [0.05, 0.1) is 28.6 Å². The summed E-state index contributed by atoms with van der Waals surface area (Å²) in [4.78, 5) is 28.5. The first-order valence-electron chi connectivity index (χ1n) is 7.78. The Morgan fingerprint density at radius 3 is 2.52 bits per heavy atom. The average Bonchev–Trinajstić information content (AvgIpc) is 2.60. The Bertz CT molecular complexity index is 875. The van der Waals surface area contributed by atoms with E-state index in [-0.39, 0.29) is 28.1 Å². The molecule has 0 saturated heterocycles. The number of aliphatic imine (C=N–C) groups is 1. The number of hydrogen-bond donors (Lipinski definition) is 1. The van der Waals surface area contributed by atoms with Gasteiger partial charge >= 0.3 is 5.97 Å². The van der Waals surface area contributed by atoms with Gasteiger partial charge in [-0.3, -0.25) is 9.59 Å². The van der Waals surface area contributed by atoms with Crippen LogP contribution < -0.4 is 5.32 Å². The van der Waals surface area contributed by atoms with Crippen molar-refractivity contribution in [1.82, 2.24) is 5.32 Å². The molecule has 9 heteroatoms. The van der Waals surface area contributed by atoms with Gasteiger partial charge in [-0.1, -0.05) is 52.6 Å². The summed E-state index contributed by atoms with van der Waals surface area (Å²) in [6.07, 6.45) is 0. The quantitative estimate of drug-likeness (QED) is 0.382. The molecule has 2 aromatic rings. The zero-order valence-electron chi connectivity index (χ0n) is 14.2. The van der Waals surface area contributed by atoms with Gasteiger partial charge in [-0.15, -0.1) is 0 Å². The maximum Gasteiger partial charge on any atom is 0.316 e. The molecule has 0 unspecified atom stereocenters. The molecule has 27 heavy (non-hydrogen) atoms. The lowest BCUT2D eigenvalue weighted by atomic mass is 10.2. The Morgan fingerprint density at radius 1 is 1.11 bits per heavy atom. The third-order valence-corrected chi connectivity index (χ3v) is 4.70. The molecule has 0 fully saturated rings. The molecule has 0 bridgehead atoms. The maximum atomic E-state index is 12.5. The van der Waals surface area contributed by atoms with Crippen molar-refractivity contribution in [2.75, 3.05) is 12.4 Å². The Labute approximate surface area is 176 Å². The largest absolute Gasteiger partial charge is 0.465 e. The first kappa shape index (κ1) is 21.6. The summed E-state index contributed by atoms with van der Waals surface area (Å²) in [5.41, 5.74) is 0.757. The van der Waals surface area contributed by atoms with Gasteiger partial charge in [-0.05, 0) is 43.3 Å². The van der Waals surface area contributed by atoms with Crippen LogP contribution in [0.15, 0.2) is 47.5 Å². The summed E-state index contributed by atoms with van der Waals surface area (Å²) in [5, 5.41) is 3.99. The van der Waals surface area contributed by atoms with Gasteiger partial charge in [0, 0.05) is 10.0 Å². The first-order chi connectivity index (χ1) is 12.9. The van der Waals surface area contributed by atoms with Gasteiger partial charge in [0.1, 0.15) is 0 Å². The highest BCUT2D eigenvalue weighted by molar-refractivity contribution is 8.14. The molecule has 2 aromatic carbocycles. The van der Waals surface area contributed by atoms with Gasteiger partial charge in [0.25, 0.3) is 5.91 Å². The van der Waals surface area contributed by atoms with E-state index in [1.165, 1.54) is 12.1 Å². The van der Waals surface area contributed by atoms with Crippen LogP contribution in [0.1, 0.15) is 17.3 Å². The minimum absolute atomic E-state index is 0.0120. The Balaban J connectivity index is 2.22. The Morgan fingerprint density at radius 2 is 1.85 bits per heavy atom. The van der Waals surface area contributed by atoms with Crippen molar-refractivity contribution in [2.24, 2.45) is 4.99 Å². The molecule has 0 saturated carbocycles. The van der Waals surface area contributed by atoms with Crippen LogP contribution in [0.2, 0.25) is 15.1 Å². The van der Waals surface area contributed by atoms with E-state index in [1.54, 1.807) is 37.3 Å². The molecule has 1 N–H and O–H groups in total. The molecule has 0 radical (unpaired) electrons. The molecule has 5 nitrogen and oxygen atoms in total. The number of carbonyl (C=O) groups is 2. The SMILES string of the molecule is CCOC(=O)CSC(=Nc1cccc(Cl)c1)NC(=O)c1ccc(Cl)cc1Cl. The van der Waals surface area contributed by atoms with E-state index in [0.29, 0.717) is 15.7 Å². The molecule has 0 atom stereocenters. The van der Waals surface area contributed by atoms with Crippen molar-refractivity contribution in [3.63, 3.8) is 0 Å². The number of hydrogen-bond acceptors (Lipinski definition) is 5. The molecule has 0 aliphatic rings. The van der Waals surface area contributed by atoms with E-state index in [2.05, 4.69) is 10.3 Å². The van der Waals surface area contributed by atoms with Crippen LogP contribution in [0, 0.1) is 0 Å². The molecule has 0 spiro atoms. The third kappa shape index (κ3) is 7.07. The average molecular weight is 446 g/mol. The number of benzene rings is 2. The number of ether oxygens (including phenoxy) is 1. The number of carbonyl (C=O) groups excluding carboxylic acids is 2. The molecule has 2 rings (SSSR count). The fourth-order valence-corrected chi connectivity index (χ4v) is 3.28. The number of nitrogens with one attached hydrogen (secondary N) is 1. The van der Waals surface area contributed by atoms with Gasteiger partial charge in [-0.2, -0.15) is 0 Å². The van der Waals surface area contributed by atoms with Crippen LogP contribution >= 0.6 is 46.6 Å². The lowest BCUT2D eigenvalue weighted by molar-refractivity contribution is -0.139. The molecule has 0 aliphatic carbocycles. The number of amidine groups is 1. The fraction of sp³-hybridized carbons (Fsp3) is 0.167. The van der Waals surface area contributed by atoms with Gasteiger partial charge in [-0.25, -0.2) is 4.99 Å². The van der Waals surface area contributed by atoms with Crippen molar-refractivity contribution < 1.29 is 14.3 Å². The van der Waals surface area contributed by atoms with Crippen molar-refractivity contribution >= 4 is 69.3 Å². The van der Waals surface area contributed by atoms with Crippen molar-refractivity contribution in [1.29, 1.82) is 0 Å². The third-order valence-electron chi connectivity index (χ3n) is 3.07. The minimum atomic E-state index is -0.478. The molecule has 1 amide bonds. The highest BCUT2D eigenvalue weighted by Crippen LogP contribution is 2.22. The second kappa shape index (κ2) is 10.6. The Hall–Kier alpha value is -1.73. The van der Waals surface area contributed by atoms with Crippen LogP contribution in [0.25, 0.3) is 0 Å². The van der Waals surface area contributed by atoms with E-state index in [0.717, 1.165) is 11.8 Å². The lowest BCUT2D eigenvalue weighted by Gasteiger charge is -2.10. The summed E-state index contributed by atoms with van der Waals surface area (Å²) in [7, 11) is 0. The van der Waals surface area contributed by atoms with E-state index in [1.807, 2.05) is 0 Å². The number of amides is 1. The molecular weight excluding hydrogens is 431 g/mol. The van der Waals surface area contributed by atoms with Gasteiger partial charge in [0.2, 0.25) is 0 Å². The summed E-state index contributed by atoms with van der Waals surface area (Å²) in [5.74, 6) is -0.907. The first-order valence-corrected chi connectivity index (χ1v) is 9.90. The zero-order valence-corrected chi connectivity index (χ0v) is 17.3. The molecule has 0 heterocycles. The van der Waals surface area contributed by atoms with E-state index in [4.69, 9.17) is 39.5 Å². The van der Waals surface area contributed by atoms with E-state index in [9.17, 15) is 9.59 Å². The number of thioether (sulfide) groups is 1. The number of halogens is 3. The highest BCUT2D eigenvalue weighted by Gasteiger charge is 2.15. The van der Waals surface area contributed by atoms with Crippen molar-refractivity contribution in [3.05, 3.63) is 63.1 Å². The van der Waals surface area contributed by atoms with Crippen LogP contribution in [0.5, 0.6) is 0 Å². The normalized spacial score (nSPS) is 11.2. The van der Waals surface area contributed by atoms with Crippen LogP contribution in [0.3, 0.4) is 0 Å². The molecular formula is C18H15Cl3N2O3S. The Kier molecular flexibility index (Phi) is 8.44. The molecule has 0 aromatic heterocycles. The van der Waals surface area contributed by atoms with Gasteiger partial charge < -0.3 is 10.1 Å². The van der Waals surface area contributed by atoms with Crippen molar-refractivity contribution in [2.45, 2.75) is 6.92 Å². The zero-order chi connectivity index (χ0) is 19.8. The topological polar surface area (TPSA) is 67.8 Å². The van der Waals surface area contributed by atoms with E-state index < -0.39 is 11.9 Å². The predicted molar refractivity (Wildman–Crippen MR) is 112 cm³/mol. The van der Waals surface area contributed by atoms with Crippen molar-refractivity contribution in [3.8, 4) is 0 Å². The monoisotopic (exact) mass is 444 g/mol. The molecule has 0 aliphatic heterocycles. The summed E-state index contributed by atoms with van der Waals surface area (Å²) in [6, 6.07) is 11.3. The fourth-order valence-electron chi connectivity index (χ4n) is 1.93. The number of nitrogens with zero attached hydrogens (tertiary/aromatic N) is 1. The maximum absolute atomic E-state index is 12.5. The highest BCUT2D eigenvalue weighted by atomic mass is 35.5. The predicted octanol–water partition coefficient (Wildman–Crippen LogP) is 5.36. The van der Waals surface area contributed by atoms with E-state index >= 15 is 0 Å². The summed E-state index contributed by atoms with van der Waals surface area (Å²) in [6.45, 7) is 1.99. The lowest BCUT2D eigenvalue weighted by Crippen LogP contribution is -2.29. The number of rotatable bonds is 5. The van der Waals surface area contributed by atoms with Crippen LogP contribution in [-0.2, 0) is 9.53 Å². The summed E-state index contributed by atoms with van der Waals surface area (Å²) >= 11 is 18.9. The summed E-state index contributed by atoms with van der Waals surface area (Å²) < 4.78 is 4.90. The smallest absolute Gasteiger partial charge is 0.316 e. The molecule has 142 valence electrons. The van der Waals surface area contributed by atoms with Crippen LogP contribution in [0.4, 0.5) is 5.69 Å². The number of esters is 1. The minimum Gasteiger partial charge on any atom is -0.465 e. The van der Waals surface area contributed by atoms with Gasteiger partial charge in [0.15, 0.2) is 5.17 Å². The van der Waals surface area contributed by atoms with Crippen LogP contribution in [-0.4, -0.2) is 29.4 Å². The second-order valence-corrected chi connectivity index (χ2v) is 7.31. The second-order valence-electron chi connectivity index (χ2n) is 5.07. The standard InChI is InChI=1S/C18H15Cl3N2O3S/c1-2-26-16(24)10-27-18(22-13-5-3-4-11(19)8-13)23-17(25)14-7-6-12(20)9-15(14)21/h3-9H,2,10H2,1H3,(H,22,23,25).